The van der Waals surface area contributed by atoms with Crippen LogP contribution in [-0.4, -0.2) is 32.2 Å². The van der Waals surface area contributed by atoms with Crippen LogP contribution in [0.1, 0.15) is 18.4 Å². The smallest absolute Gasteiger partial charge is 0.313 e. The number of ether oxygens (including phenoxy) is 1. The van der Waals surface area contributed by atoms with Crippen LogP contribution in [0.3, 0.4) is 0 Å². The molecule has 0 N–H and O–H groups in total. The Balaban J connectivity index is 2.28. The second-order valence-corrected chi connectivity index (χ2v) is 3.36. The van der Waals surface area contributed by atoms with E-state index < -0.39 is 0 Å². The number of fused-ring (bicyclic) bond motifs is 1. The summed E-state index contributed by atoms with van der Waals surface area (Å²) in [5, 5.41) is 7.89. The summed E-state index contributed by atoms with van der Waals surface area (Å²) in [5.41, 5.74) is 1.55. The van der Waals surface area contributed by atoms with Crippen LogP contribution in [-0.2, 0) is 16.0 Å². The van der Waals surface area contributed by atoms with Crippen molar-refractivity contribution in [2.24, 2.45) is 0 Å². The van der Waals surface area contributed by atoms with Gasteiger partial charge in [-0.1, -0.05) is 0 Å². The molecule has 16 heavy (non-hydrogen) atoms. The van der Waals surface area contributed by atoms with E-state index in [1.54, 1.807) is 17.7 Å². The van der Waals surface area contributed by atoms with E-state index in [9.17, 15) is 4.79 Å². The highest BCUT2D eigenvalue weighted by atomic mass is 16.5. The largest absolute Gasteiger partial charge is 0.466 e. The van der Waals surface area contributed by atoms with E-state index in [1.807, 2.05) is 13.0 Å². The predicted molar refractivity (Wildman–Crippen MR) is 55.9 cm³/mol. The monoisotopic (exact) mass is 220 g/mol. The van der Waals surface area contributed by atoms with E-state index in [2.05, 4.69) is 15.2 Å². The molecule has 0 radical (unpaired) electrons. The van der Waals surface area contributed by atoms with Gasteiger partial charge in [-0.2, -0.15) is 0 Å². The lowest BCUT2D eigenvalue weighted by atomic mass is 10.4. The Morgan fingerprint density at radius 1 is 1.50 bits per heavy atom. The zero-order valence-electron chi connectivity index (χ0n) is 9.17. The minimum Gasteiger partial charge on any atom is -0.466 e. The minimum atomic E-state index is -0.308. The third kappa shape index (κ3) is 2.00. The summed E-state index contributed by atoms with van der Waals surface area (Å²) in [4.78, 5) is 15.4. The first kappa shape index (κ1) is 10.5. The van der Waals surface area contributed by atoms with Crippen LogP contribution >= 0.6 is 0 Å². The zero-order chi connectivity index (χ0) is 11.5. The van der Waals surface area contributed by atoms with Gasteiger partial charge < -0.3 is 4.74 Å². The van der Waals surface area contributed by atoms with E-state index in [0.717, 1.165) is 5.69 Å². The van der Waals surface area contributed by atoms with Gasteiger partial charge in [0.05, 0.1) is 6.61 Å². The van der Waals surface area contributed by atoms with Crippen molar-refractivity contribution < 1.29 is 9.53 Å². The molecular formula is C10H12N4O2. The van der Waals surface area contributed by atoms with Crippen molar-refractivity contribution in [3.8, 4) is 0 Å². The van der Waals surface area contributed by atoms with Gasteiger partial charge in [0.25, 0.3) is 0 Å². The van der Waals surface area contributed by atoms with Crippen molar-refractivity contribution in [2.75, 3.05) is 6.61 Å². The summed E-state index contributed by atoms with van der Waals surface area (Å²) in [6, 6.07) is 1.81. The molecule has 6 nitrogen and oxygen atoms in total. The molecular weight excluding hydrogens is 208 g/mol. The number of nitrogens with zero attached hydrogens (tertiary/aromatic N) is 4. The quantitative estimate of drug-likeness (QED) is 0.706. The van der Waals surface area contributed by atoms with Crippen molar-refractivity contribution in [1.29, 1.82) is 0 Å². The fourth-order valence-corrected chi connectivity index (χ4v) is 1.40. The summed E-state index contributed by atoms with van der Waals surface area (Å²) in [7, 11) is 0. The van der Waals surface area contributed by atoms with Gasteiger partial charge in [-0.05, 0) is 13.8 Å². The fourth-order valence-electron chi connectivity index (χ4n) is 1.40. The van der Waals surface area contributed by atoms with E-state index in [1.165, 1.54) is 0 Å². The molecule has 84 valence electrons. The van der Waals surface area contributed by atoms with Gasteiger partial charge in [-0.15, -0.1) is 10.2 Å². The fraction of sp³-hybridized carbons (Fsp3) is 0.400. The average Bonchev–Trinajstić information content (AvgIpc) is 2.61. The maximum absolute atomic E-state index is 11.3. The van der Waals surface area contributed by atoms with Gasteiger partial charge in [0.1, 0.15) is 18.6 Å². The van der Waals surface area contributed by atoms with E-state index in [-0.39, 0.29) is 12.4 Å². The number of hydrogen-bond donors (Lipinski definition) is 0. The molecule has 0 spiro atoms. The van der Waals surface area contributed by atoms with Crippen LogP contribution in [0.15, 0.2) is 12.4 Å². The van der Waals surface area contributed by atoms with Gasteiger partial charge in [0.15, 0.2) is 5.65 Å². The lowest BCUT2D eigenvalue weighted by molar-refractivity contribution is -0.142. The van der Waals surface area contributed by atoms with Crippen molar-refractivity contribution in [1.82, 2.24) is 19.6 Å². The highest BCUT2D eigenvalue weighted by Gasteiger charge is 2.11. The summed E-state index contributed by atoms with van der Waals surface area (Å²) in [5.74, 6) is 0.235. The lowest BCUT2D eigenvalue weighted by Crippen LogP contribution is -2.10. The third-order valence-electron chi connectivity index (χ3n) is 2.12. The molecule has 0 aliphatic carbocycles. The van der Waals surface area contributed by atoms with Crippen molar-refractivity contribution in [2.45, 2.75) is 20.3 Å². The number of aryl methyl sites for hydroxylation is 1. The summed E-state index contributed by atoms with van der Waals surface area (Å²) in [6.07, 6.45) is 1.72. The molecule has 2 aromatic heterocycles. The van der Waals surface area contributed by atoms with Crippen LogP contribution in [0.25, 0.3) is 5.65 Å². The molecule has 2 aromatic rings. The highest BCUT2D eigenvalue weighted by Crippen LogP contribution is 2.05. The Hall–Kier alpha value is -1.98. The number of esters is 1. The number of aromatic nitrogens is 4. The number of carbonyl (C=O) groups is 1. The first-order chi connectivity index (χ1) is 7.70. The number of hydrogen-bond acceptors (Lipinski definition) is 5. The van der Waals surface area contributed by atoms with Gasteiger partial charge in [-0.25, -0.2) is 4.98 Å². The third-order valence-corrected chi connectivity index (χ3v) is 2.12. The molecule has 0 aliphatic rings. The van der Waals surface area contributed by atoms with Gasteiger partial charge in [0.2, 0.25) is 0 Å². The predicted octanol–water partition coefficient (Wildman–Crippen LogP) is 0.538. The van der Waals surface area contributed by atoms with Gasteiger partial charge >= 0.3 is 5.97 Å². The normalized spacial score (nSPS) is 10.6. The Labute approximate surface area is 92.3 Å². The van der Waals surface area contributed by atoms with Crippen LogP contribution in [0.5, 0.6) is 0 Å². The van der Waals surface area contributed by atoms with Gasteiger partial charge in [0, 0.05) is 11.8 Å². The Kier molecular flexibility index (Phi) is 2.80. The van der Waals surface area contributed by atoms with E-state index in [4.69, 9.17) is 4.74 Å². The molecule has 0 amide bonds. The molecule has 0 saturated heterocycles. The van der Waals surface area contributed by atoms with Crippen molar-refractivity contribution in [3.63, 3.8) is 0 Å². The molecule has 0 aromatic carbocycles. The highest BCUT2D eigenvalue weighted by molar-refractivity contribution is 5.71. The maximum Gasteiger partial charge on any atom is 0.313 e. The Bertz CT molecular complexity index is 521. The van der Waals surface area contributed by atoms with E-state index >= 15 is 0 Å². The molecule has 2 heterocycles. The molecule has 0 unspecified atom stereocenters. The van der Waals surface area contributed by atoms with Crippen LogP contribution in [0.4, 0.5) is 0 Å². The summed E-state index contributed by atoms with van der Waals surface area (Å²) < 4.78 is 6.53. The zero-order valence-corrected chi connectivity index (χ0v) is 9.17. The molecule has 0 saturated carbocycles. The minimum absolute atomic E-state index is 0.111. The van der Waals surface area contributed by atoms with Crippen molar-refractivity contribution in [3.05, 3.63) is 23.9 Å². The Morgan fingerprint density at radius 2 is 2.31 bits per heavy atom. The molecule has 2 rings (SSSR count). The number of carbonyl (C=O) groups excluding carboxylic acids is 1. The second-order valence-electron chi connectivity index (χ2n) is 3.36. The Morgan fingerprint density at radius 3 is 3.06 bits per heavy atom. The van der Waals surface area contributed by atoms with Crippen LogP contribution < -0.4 is 0 Å². The maximum atomic E-state index is 11.3. The summed E-state index contributed by atoms with van der Waals surface area (Å²) >= 11 is 0. The van der Waals surface area contributed by atoms with Crippen LogP contribution in [0.2, 0.25) is 0 Å². The second kappa shape index (κ2) is 4.26. The summed E-state index contributed by atoms with van der Waals surface area (Å²) in [6.45, 7) is 4.01. The number of rotatable bonds is 3. The standard InChI is InChI=1S/C10H12N4O2/c1-3-16-10(15)5-9-13-12-8-4-7(2)11-6-14(8)9/h4,6H,3,5H2,1-2H3. The molecule has 0 fully saturated rings. The SMILES string of the molecule is CCOC(=O)Cc1nnc2cc(C)ncn12. The van der Waals surface area contributed by atoms with Crippen molar-refractivity contribution >= 4 is 11.6 Å². The lowest BCUT2D eigenvalue weighted by Gasteiger charge is -2.00. The van der Waals surface area contributed by atoms with Gasteiger partial charge in [-0.3, -0.25) is 9.20 Å². The van der Waals surface area contributed by atoms with Crippen LogP contribution in [0, 0.1) is 6.92 Å². The molecule has 0 aliphatic heterocycles. The molecule has 0 atom stereocenters. The first-order valence-corrected chi connectivity index (χ1v) is 5.02. The molecule has 6 heteroatoms. The first-order valence-electron chi connectivity index (χ1n) is 5.02. The molecule has 0 bridgehead atoms. The van der Waals surface area contributed by atoms with E-state index in [0.29, 0.717) is 18.1 Å². The topological polar surface area (TPSA) is 69.4 Å². The average molecular weight is 220 g/mol.